The summed E-state index contributed by atoms with van der Waals surface area (Å²) in [7, 11) is 0. The number of nitrogens with one attached hydrogen (secondary N) is 3. The average Bonchev–Trinajstić information content (AvgIpc) is 2.96. The Balaban J connectivity index is 1.47. The first kappa shape index (κ1) is 18.9. The third-order valence-electron chi connectivity index (χ3n) is 5.54. The quantitative estimate of drug-likeness (QED) is 0.651. The molecule has 1 aromatic carbocycles. The standard InChI is InChI=1S/C19H22F2N4O3/c20-19(21)6-13(8-22-10-19)23-7-11-2-1-3-12-9-25(18(28)16(11)12)14-4-5-15(26)24-17(14)27/h1-3,13-14,22-23H,4-10H2,(H,24,26,27). The topological polar surface area (TPSA) is 90.5 Å². The van der Waals surface area contributed by atoms with Crippen LogP contribution in [0.25, 0.3) is 0 Å². The lowest BCUT2D eigenvalue weighted by atomic mass is 10.0. The number of carbonyl (C=O) groups is 3. The van der Waals surface area contributed by atoms with E-state index < -0.39 is 17.9 Å². The molecule has 150 valence electrons. The molecule has 3 N–H and O–H groups in total. The molecular formula is C19H22F2N4O3. The van der Waals surface area contributed by atoms with Gasteiger partial charge in [-0.1, -0.05) is 18.2 Å². The first-order valence-corrected chi connectivity index (χ1v) is 9.41. The van der Waals surface area contributed by atoms with Gasteiger partial charge in [0.25, 0.3) is 11.8 Å². The van der Waals surface area contributed by atoms with Crippen LogP contribution < -0.4 is 16.0 Å². The maximum atomic E-state index is 13.6. The number of hydrogen-bond acceptors (Lipinski definition) is 5. The van der Waals surface area contributed by atoms with Gasteiger partial charge in [0.2, 0.25) is 11.8 Å². The average molecular weight is 392 g/mol. The van der Waals surface area contributed by atoms with E-state index in [1.54, 1.807) is 6.07 Å². The van der Waals surface area contributed by atoms with Gasteiger partial charge < -0.3 is 15.5 Å². The zero-order chi connectivity index (χ0) is 19.9. The molecule has 0 saturated carbocycles. The van der Waals surface area contributed by atoms with Crippen LogP contribution in [-0.2, 0) is 22.7 Å². The summed E-state index contributed by atoms with van der Waals surface area (Å²) >= 11 is 0. The Morgan fingerprint density at radius 1 is 1.25 bits per heavy atom. The molecule has 0 bridgehead atoms. The van der Waals surface area contributed by atoms with Gasteiger partial charge in [0.1, 0.15) is 6.04 Å². The predicted molar refractivity (Wildman–Crippen MR) is 95.5 cm³/mol. The van der Waals surface area contributed by atoms with Gasteiger partial charge in [-0.15, -0.1) is 0 Å². The van der Waals surface area contributed by atoms with E-state index in [9.17, 15) is 23.2 Å². The minimum Gasteiger partial charge on any atom is -0.322 e. The SMILES string of the molecule is O=C1CCC(N2Cc3cccc(CNC4CNCC(F)(F)C4)c3C2=O)C(=O)N1. The van der Waals surface area contributed by atoms with Gasteiger partial charge >= 0.3 is 0 Å². The molecule has 4 rings (SSSR count). The number of nitrogens with zero attached hydrogens (tertiary/aromatic N) is 1. The maximum Gasteiger partial charge on any atom is 0.261 e. The van der Waals surface area contributed by atoms with E-state index in [4.69, 9.17) is 0 Å². The van der Waals surface area contributed by atoms with E-state index in [2.05, 4.69) is 16.0 Å². The Morgan fingerprint density at radius 2 is 2.07 bits per heavy atom. The van der Waals surface area contributed by atoms with Crippen LogP contribution >= 0.6 is 0 Å². The minimum absolute atomic E-state index is 0.202. The first-order chi connectivity index (χ1) is 13.3. The molecule has 28 heavy (non-hydrogen) atoms. The summed E-state index contributed by atoms with van der Waals surface area (Å²) in [6.07, 6.45) is 0.264. The Bertz CT molecular complexity index is 829. The Labute approximate surface area is 160 Å². The number of imide groups is 1. The number of benzene rings is 1. The van der Waals surface area contributed by atoms with Crippen molar-refractivity contribution in [3.63, 3.8) is 0 Å². The summed E-state index contributed by atoms with van der Waals surface area (Å²) in [6.45, 7) is 0.726. The Morgan fingerprint density at radius 3 is 2.82 bits per heavy atom. The second kappa shape index (κ2) is 7.21. The molecule has 3 heterocycles. The second-order valence-corrected chi connectivity index (χ2v) is 7.62. The fourth-order valence-corrected chi connectivity index (χ4v) is 4.17. The van der Waals surface area contributed by atoms with Crippen molar-refractivity contribution in [3.8, 4) is 0 Å². The van der Waals surface area contributed by atoms with Gasteiger partial charge in [0.15, 0.2) is 0 Å². The van der Waals surface area contributed by atoms with Gasteiger partial charge in [-0.2, -0.15) is 0 Å². The van der Waals surface area contributed by atoms with Crippen molar-refractivity contribution in [1.82, 2.24) is 20.9 Å². The molecule has 3 aliphatic heterocycles. The van der Waals surface area contributed by atoms with E-state index in [1.165, 1.54) is 4.90 Å². The molecule has 3 amide bonds. The van der Waals surface area contributed by atoms with Crippen LogP contribution in [0.15, 0.2) is 18.2 Å². The van der Waals surface area contributed by atoms with Gasteiger partial charge in [0.05, 0.1) is 6.54 Å². The highest BCUT2D eigenvalue weighted by atomic mass is 19.3. The zero-order valence-electron chi connectivity index (χ0n) is 15.3. The highest BCUT2D eigenvalue weighted by molar-refractivity contribution is 6.05. The molecule has 7 nitrogen and oxygen atoms in total. The number of hydrogen-bond donors (Lipinski definition) is 3. The van der Waals surface area contributed by atoms with E-state index in [1.807, 2.05) is 12.1 Å². The van der Waals surface area contributed by atoms with Crippen molar-refractivity contribution in [1.29, 1.82) is 0 Å². The first-order valence-electron chi connectivity index (χ1n) is 9.41. The smallest absolute Gasteiger partial charge is 0.261 e. The van der Waals surface area contributed by atoms with Crippen LogP contribution in [0, 0.1) is 0 Å². The largest absolute Gasteiger partial charge is 0.322 e. The molecule has 0 radical (unpaired) electrons. The number of halogens is 2. The lowest BCUT2D eigenvalue weighted by molar-refractivity contribution is -0.136. The molecule has 0 aromatic heterocycles. The van der Waals surface area contributed by atoms with Crippen molar-refractivity contribution >= 4 is 17.7 Å². The normalized spacial score (nSPS) is 26.9. The molecule has 0 aliphatic carbocycles. The van der Waals surface area contributed by atoms with Gasteiger partial charge in [0, 0.05) is 44.1 Å². The second-order valence-electron chi connectivity index (χ2n) is 7.62. The predicted octanol–water partition coefficient (Wildman–Crippen LogP) is 0.534. The summed E-state index contributed by atoms with van der Waals surface area (Å²) in [6, 6.07) is 4.40. The Hall–Kier alpha value is -2.39. The monoisotopic (exact) mass is 392 g/mol. The van der Waals surface area contributed by atoms with E-state index >= 15 is 0 Å². The lowest BCUT2D eigenvalue weighted by Crippen LogP contribution is -2.52. The van der Waals surface area contributed by atoms with Crippen LogP contribution in [0.5, 0.6) is 0 Å². The fourth-order valence-electron chi connectivity index (χ4n) is 4.17. The fraction of sp³-hybridized carbons (Fsp3) is 0.526. The molecule has 3 aliphatic rings. The van der Waals surface area contributed by atoms with Crippen LogP contribution in [0.1, 0.15) is 40.7 Å². The summed E-state index contributed by atoms with van der Waals surface area (Å²) in [5.74, 6) is -3.78. The molecule has 9 heteroatoms. The molecule has 2 saturated heterocycles. The molecule has 0 spiro atoms. The van der Waals surface area contributed by atoms with Crippen molar-refractivity contribution in [2.45, 2.75) is 50.4 Å². The minimum atomic E-state index is -2.74. The van der Waals surface area contributed by atoms with E-state index in [-0.39, 0.29) is 37.2 Å². The number of carbonyl (C=O) groups excluding carboxylic acids is 3. The highest BCUT2D eigenvalue weighted by Gasteiger charge is 2.40. The summed E-state index contributed by atoms with van der Waals surface area (Å²) in [5, 5.41) is 8.12. The van der Waals surface area contributed by atoms with Crippen molar-refractivity contribution < 1.29 is 23.2 Å². The van der Waals surface area contributed by atoms with Crippen molar-refractivity contribution in [2.24, 2.45) is 0 Å². The third-order valence-corrected chi connectivity index (χ3v) is 5.54. The van der Waals surface area contributed by atoms with E-state index in [0.717, 1.165) is 11.1 Å². The molecular weight excluding hydrogens is 370 g/mol. The van der Waals surface area contributed by atoms with E-state index in [0.29, 0.717) is 31.6 Å². The highest BCUT2D eigenvalue weighted by Crippen LogP contribution is 2.30. The van der Waals surface area contributed by atoms with Crippen LogP contribution in [-0.4, -0.2) is 53.7 Å². The summed E-state index contributed by atoms with van der Waals surface area (Å²) < 4.78 is 27.1. The third kappa shape index (κ3) is 3.64. The molecule has 1 aromatic rings. The van der Waals surface area contributed by atoms with Crippen LogP contribution in [0.3, 0.4) is 0 Å². The number of piperidine rings is 2. The number of rotatable bonds is 4. The lowest BCUT2D eigenvalue weighted by Gasteiger charge is -2.30. The van der Waals surface area contributed by atoms with Gasteiger partial charge in [-0.25, -0.2) is 8.78 Å². The van der Waals surface area contributed by atoms with Gasteiger partial charge in [-0.3, -0.25) is 19.7 Å². The number of fused-ring (bicyclic) bond motifs is 1. The Kier molecular flexibility index (Phi) is 4.88. The molecule has 2 atom stereocenters. The molecule has 2 fully saturated rings. The van der Waals surface area contributed by atoms with Crippen molar-refractivity contribution in [3.05, 3.63) is 34.9 Å². The maximum absolute atomic E-state index is 13.6. The van der Waals surface area contributed by atoms with Crippen LogP contribution in [0.2, 0.25) is 0 Å². The summed E-state index contributed by atoms with van der Waals surface area (Å²) in [5.41, 5.74) is 2.06. The number of amides is 3. The number of alkyl halides is 2. The zero-order valence-corrected chi connectivity index (χ0v) is 15.3. The van der Waals surface area contributed by atoms with Gasteiger partial charge in [-0.05, 0) is 17.5 Å². The van der Waals surface area contributed by atoms with Crippen molar-refractivity contribution in [2.75, 3.05) is 13.1 Å². The summed E-state index contributed by atoms with van der Waals surface area (Å²) in [4.78, 5) is 38.0. The van der Waals surface area contributed by atoms with Crippen LogP contribution in [0.4, 0.5) is 8.78 Å². The molecule has 2 unspecified atom stereocenters.